The first kappa shape index (κ1) is 14.1. The van der Waals surface area contributed by atoms with E-state index in [9.17, 15) is 0 Å². The normalized spacial score (nSPS) is 11.8. The van der Waals surface area contributed by atoms with Crippen molar-refractivity contribution in [3.05, 3.63) is 84.9 Å². The summed E-state index contributed by atoms with van der Waals surface area (Å²) in [4.78, 5) is 3.62. The molecular formula is C24H15NS. The third-order valence-electron chi connectivity index (χ3n) is 5.23. The average Bonchev–Trinajstić information content (AvgIpc) is 3.25. The summed E-state index contributed by atoms with van der Waals surface area (Å²) >= 11 is 1.87. The molecule has 0 aliphatic rings. The smallest absolute Gasteiger partial charge is 0.0544 e. The van der Waals surface area contributed by atoms with Crippen molar-refractivity contribution in [1.29, 1.82) is 0 Å². The molecule has 1 N–H and O–H groups in total. The molecule has 0 atom stereocenters. The van der Waals surface area contributed by atoms with E-state index in [0.29, 0.717) is 0 Å². The minimum atomic E-state index is 1.19. The van der Waals surface area contributed by atoms with E-state index in [2.05, 4.69) is 89.9 Å². The van der Waals surface area contributed by atoms with Gasteiger partial charge in [-0.15, -0.1) is 11.3 Å². The molecule has 6 rings (SSSR count). The van der Waals surface area contributed by atoms with Crippen molar-refractivity contribution in [1.82, 2.24) is 4.98 Å². The maximum atomic E-state index is 3.62. The monoisotopic (exact) mass is 349 g/mol. The first-order chi connectivity index (χ1) is 12.9. The number of aromatic nitrogens is 1. The molecule has 0 aliphatic heterocycles. The largest absolute Gasteiger partial charge is 0.354 e. The van der Waals surface area contributed by atoms with Crippen LogP contribution in [0.4, 0.5) is 0 Å². The molecule has 0 saturated carbocycles. The summed E-state index contributed by atoms with van der Waals surface area (Å²) in [7, 11) is 0. The van der Waals surface area contributed by atoms with E-state index in [4.69, 9.17) is 0 Å². The Kier molecular flexibility index (Phi) is 2.82. The number of benzene rings is 4. The Balaban J connectivity index is 1.66. The van der Waals surface area contributed by atoms with Crippen LogP contribution < -0.4 is 0 Å². The minimum Gasteiger partial charge on any atom is -0.354 e. The lowest BCUT2D eigenvalue weighted by Gasteiger charge is -2.04. The van der Waals surface area contributed by atoms with E-state index in [1.54, 1.807) is 0 Å². The summed E-state index contributed by atoms with van der Waals surface area (Å²) in [5, 5.41) is 5.27. The van der Waals surface area contributed by atoms with Gasteiger partial charge in [-0.1, -0.05) is 66.7 Å². The van der Waals surface area contributed by atoms with Crippen molar-refractivity contribution in [2.75, 3.05) is 0 Å². The van der Waals surface area contributed by atoms with Gasteiger partial charge in [0, 0.05) is 42.0 Å². The molecule has 2 heteroatoms. The van der Waals surface area contributed by atoms with Gasteiger partial charge in [-0.2, -0.15) is 0 Å². The van der Waals surface area contributed by atoms with E-state index in [1.165, 1.54) is 53.1 Å². The predicted octanol–water partition coefficient (Wildman–Crippen LogP) is 7.36. The topological polar surface area (TPSA) is 15.8 Å². The molecule has 0 aliphatic carbocycles. The van der Waals surface area contributed by atoms with Crippen LogP contribution >= 0.6 is 11.3 Å². The summed E-state index contributed by atoms with van der Waals surface area (Å²) in [5.74, 6) is 0. The summed E-state index contributed by atoms with van der Waals surface area (Å²) in [5.41, 5.74) is 4.94. The van der Waals surface area contributed by atoms with Crippen LogP contribution in [0, 0.1) is 0 Å². The molecule has 0 fully saturated rings. The zero-order chi connectivity index (χ0) is 17.1. The molecule has 0 unspecified atom stereocenters. The SMILES string of the molecule is c1ccc2c(c1)[nH]c1c(-c3ccc4c(c3)sc3ccccc34)cccc12. The third kappa shape index (κ3) is 1.91. The summed E-state index contributed by atoms with van der Waals surface area (Å²) < 4.78 is 2.69. The molecule has 2 heterocycles. The highest BCUT2D eigenvalue weighted by atomic mass is 32.1. The van der Waals surface area contributed by atoms with Crippen LogP contribution in [0.25, 0.3) is 53.1 Å². The lowest BCUT2D eigenvalue weighted by atomic mass is 10.0. The number of para-hydroxylation sites is 2. The highest BCUT2D eigenvalue weighted by Gasteiger charge is 2.11. The molecule has 0 bridgehead atoms. The van der Waals surface area contributed by atoms with E-state index in [1.807, 2.05) is 11.3 Å². The standard InChI is InChI=1S/C24H15NS/c1-3-10-21-17(6-1)20-9-5-8-16(24(20)25-21)15-12-13-19-18-7-2-4-11-22(18)26-23(19)14-15/h1-14,25H. The fourth-order valence-electron chi connectivity index (χ4n) is 4.01. The molecule has 6 aromatic rings. The maximum Gasteiger partial charge on any atom is 0.0544 e. The Labute approximate surface area is 154 Å². The quantitative estimate of drug-likeness (QED) is 0.319. The predicted molar refractivity (Wildman–Crippen MR) is 114 cm³/mol. The second-order valence-electron chi connectivity index (χ2n) is 6.71. The number of hydrogen-bond donors (Lipinski definition) is 1. The van der Waals surface area contributed by atoms with Crippen LogP contribution in [-0.4, -0.2) is 4.98 Å². The summed E-state index contributed by atoms with van der Waals surface area (Å²) in [6.07, 6.45) is 0. The van der Waals surface area contributed by atoms with Gasteiger partial charge < -0.3 is 4.98 Å². The number of fused-ring (bicyclic) bond motifs is 6. The van der Waals surface area contributed by atoms with Gasteiger partial charge >= 0.3 is 0 Å². The van der Waals surface area contributed by atoms with Crippen LogP contribution in [-0.2, 0) is 0 Å². The lowest BCUT2D eigenvalue weighted by molar-refractivity contribution is 1.54. The molecule has 122 valence electrons. The highest BCUT2D eigenvalue weighted by molar-refractivity contribution is 7.25. The molecule has 1 nitrogen and oxygen atoms in total. The molecule has 4 aromatic carbocycles. The first-order valence-electron chi connectivity index (χ1n) is 8.79. The number of thiophene rings is 1. The van der Waals surface area contributed by atoms with Crippen LogP contribution in [0.2, 0.25) is 0 Å². The van der Waals surface area contributed by atoms with Crippen molar-refractivity contribution in [2.24, 2.45) is 0 Å². The average molecular weight is 349 g/mol. The second-order valence-corrected chi connectivity index (χ2v) is 7.79. The molecule has 2 aromatic heterocycles. The molecule has 26 heavy (non-hydrogen) atoms. The Morgan fingerprint density at radius 3 is 2.31 bits per heavy atom. The molecule has 0 radical (unpaired) electrons. The molecule has 0 amide bonds. The summed E-state index contributed by atoms with van der Waals surface area (Å²) in [6.45, 7) is 0. The third-order valence-corrected chi connectivity index (χ3v) is 6.36. The highest BCUT2D eigenvalue weighted by Crippen LogP contribution is 2.38. The molecule has 0 saturated heterocycles. The van der Waals surface area contributed by atoms with Gasteiger partial charge in [-0.05, 0) is 23.8 Å². The maximum absolute atomic E-state index is 3.62. The van der Waals surface area contributed by atoms with Crippen LogP contribution in [0.5, 0.6) is 0 Å². The zero-order valence-corrected chi connectivity index (χ0v) is 14.8. The number of aromatic amines is 1. The Bertz CT molecular complexity index is 1430. The Morgan fingerprint density at radius 2 is 1.35 bits per heavy atom. The number of hydrogen-bond acceptors (Lipinski definition) is 1. The minimum absolute atomic E-state index is 1.19. The van der Waals surface area contributed by atoms with Crippen molar-refractivity contribution in [3.8, 4) is 11.1 Å². The van der Waals surface area contributed by atoms with Crippen LogP contribution in [0.1, 0.15) is 0 Å². The number of nitrogens with one attached hydrogen (secondary N) is 1. The van der Waals surface area contributed by atoms with E-state index in [-0.39, 0.29) is 0 Å². The summed E-state index contributed by atoms with van der Waals surface area (Å²) in [6, 6.07) is 30.6. The Hall–Kier alpha value is -3.10. The number of rotatable bonds is 1. The lowest BCUT2D eigenvalue weighted by Crippen LogP contribution is -1.80. The van der Waals surface area contributed by atoms with Crippen molar-refractivity contribution in [2.45, 2.75) is 0 Å². The van der Waals surface area contributed by atoms with Crippen molar-refractivity contribution < 1.29 is 0 Å². The van der Waals surface area contributed by atoms with Gasteiger partial charge in [-0.25, -0.2) is 0 Å². The van der Waals surface area contributed by atoms with Gasteiger partial charge in [0.15, 0.2) is 0 Å². The van der Waals surface area contributed by atoms with Gasteiger partial charge in [0.05, 0.1) is 5.52 Å². The second kappa shape index (κ2) is 5.20. The van der Waals surface area contributed by atoms with Crippen molar-refractivity contribution in [3.63, 3.8) is 0 Å². The molecular weight excluding hydrogens is 334 g/mol. The van der Waals surface area contributed by atoms with Crippen LogP contribution in [0.15, 0.2) is 84.9 Å². The zero-order valence-electron chi connectivity index (χ0n) is 14.0. The van der Waals surface area contributed by atoms with E-state index >= 15 is 0 Å². The van der Waals surface area contributed by atoms with E-state index < -0.39 is 0 Å². The van der Waals surface area contributed by atoms with Crippen LogP contribution in [0.3, 0.4) is 0 Å². The van der Waals surface area contributed by atoms with Gasteiger partial charge in [0.25, 0.3) is 0 Å². The fraction of sp³-hybridized carbons (Fsp3) is 0. The van der Waals surface area contributed by atoms with Gasteiger partial charge in [0.1, 0.15) is 0 Å². The first-order valence-corrected chi connectivity index (χ1v) is 9.61. The van der Waals surface area contributed by atoms with E-state index in [0.717, 1.165) is 0 Å². The number of H-pyrrole nitrogens is 1. The van der Waals surface area contributed by atoms with Gasteiger partial charge in [-0.3, -0.25) is 0 Å². The molecule has 0 spiro atoms. The van der Waals surface area contributed by atoms with Crippen molar-refractivity contribution >= 4 is 53.3 Å². The van der Waals surface area contributed by atoms with Gasteiger partial charge in [0.2, 0.25) is 0 Å². The fourth-order valence-corrected chi connectivity index (χ4v) is 5.15. The Morgan fingerprint density at radius 1 is 0.577 bits per heavy atom.